The van der Waals surface area contributed by atoms with Crippen molar-refractivity contribution in [3.63, 3.8) is 0 Å². The van der Waals surface area contributed by atoms with Gasteiger partial charge in [-0.15, -0.1) is 0 Å². The molecular formula is C18H16N2. The predicted octanol–water partition coefficient (Wildman–Crippen LogP) is 4.45. The topological polar surface area (TPSA) is 24.9 Å². The number of hydrogen-bond acceptors (Lipinski definition) is 2. The van der Waals surface area contributed by atoms with E-state index in [0.29, 0.717) is 0 Å². The van der Waals surface area contributed by atoms with Gasteiger partial charge in [-0.3, -0.25) is 0 Å². The monoisotopic (exact) mass is 260 g/mol. The summed E-state index contributed by atoms with van der Waals surface area (Å²) in [5.74, 6) is 0. The van der Waals surface area contributed by atoms with E-state index in [0.717, 1.165) is 16.9 Å². The maximum absolute atomic E-state index is 4.62. The lowest BCUT2D eigenvalue weighted by Gasteiger charge is -2.00. The maximum atomic E-state index is 4.62. The molecule has 2 heteroatoms. The third kappa shape index (κ3) is 2.69. The Morgan fingerprint density at radius 2 is 1.65 bits per heavy atom. The van der Waals surface area contributed by atoms with Gasteiger partial charge in [0.15, 0.2) is 0 Å². The molecule has 98 valence electrons. The second-order valence-electron chi connectivity index (χ2n) is 4.63. The summed E-state index contributed by atoms with van der Waals surface area (Å²) in [5, 5.41) is 4.28. The molecule has 3 aromatic rings. The summed E-state index contributed by atoms with van der Waals surface area (Å²) < 4.78 is 0. The molecule has 0 bridgehead atoms. The molecule has 0 atom stereocenters. The zero-order chi connectivity index (χ0) is 13.8. The number of aromatic nitrogens is 1. The minimum Gasteiger partial charge on any atom is -0.388 e. The third-order valence-electron chi connectivity index (χ3n) is 3.27. The van der Waals surface area contributed by atoms with E-state index in [2.05, 4.69) is 52.8 Å². The van der Waals surface area contributed by atoms with Crippen molar-refractivity contribution in [2.24, 2.45) is 0 Å². The summed E-state index contributed by atoms with van der Waals surface area (Å²) in [6.07, 6.45) is 4.12. The van der Waals surface area contributed by atoms with Crippen LogP contribution in [0.5, 0.6) is 0 Å². The Kier molecular flexibility index (Phi) is 3.46. The van der Waals surface area contributed by atoms with Crippen LogP contribution in [0, 0.1) is 0 Å². The molecule has 0 saturated carbocycles. The van der Waals surface area contributed by atoms with Gasteiger partial charge in [0.05, 0.1) is 11.2 Å². The molecule has 0 unspecified atom stereocenters. The predicted molar refractivity (Wildman–Crippen MR) is 86.7 cm³/mol. The zero-order valence-electron chi connectivity index (χ0n) is 11.4. The fraction of sp³-hybridized carbons (Fsp3) is 0.0556. The lowest BCUT2D eigenvalue weighted by molar-refractivity contribution is 1.37. The van der Waals surface area contributed by atoms with Gasteiger partial charge < -0.3 is 5.32 Å². The van der Waals surface area contributed by atoms with Crippen molar-refractivity contribution in [2.45, 2.75) is 0 Å². The van der Waals surface area contributed by atoms with Crippen LogP contribution >= 0.6 is 0 Å². The largest absolute Gasteiger partial charge is 0.388 e. The zero-order valence-corrected chi connectivity index (χ0v) is 11.4. The first-order chi connectivity index (χ1) is 9.85. The second-order valence-corrected chi connectivity index (χ2v) is 4.63. The van der Waals surface area contributed by atoms with Gasteiger partial charge in [0.25, 0.3) is 0 Å². The van der Waals surface area contributed by atoms with E-state index in [4.69, 9.17) is 0 Å². The number of rotatable bonds is 3. The number of para-hydroxylation sites is 1. The van der Waals surface area contributed by atoms with E-state index < -0.39 is 0 Å². The Hall–Kier alpha value is -2.61. The Morgan fingerprint density at radius 3 is 2.45 bits per heavy atom. The van der Waals surface area contributed by atoms with Crippen LogP contribution in [-0.2, 0) is 0 Å². The van der Waals surface area contributed by atoms with Gasteiger partial charge in [-0.05, 0) is 35.9 Å². The van der Waals surface area contributed by atoms with Crippen LogP contribution in [-0.4, -0.2) is 12.0 Å². The lowest BCUT2D eigenvalue weighted by Crippen LogP contribution is -1.86. The smallest absolute Gasteiger partial charge is 0.0709 e. The van der Waals surface area contributed by atoms with Gasteiger partial charge in [-0.2, -0.15) is 0 Å². The van der Waals surface area contributed by atoms with Gasteiger partial charge in [-0.1, -0.05) is 42.5 Å². The highest BCUT2D eigenvalue weighted by Crippen LogP contribution is 2.15. The summed E-state index contributed by atoms with van der Waals surface area (Å²) in [6, 6.07) is 20.6. The number of pyridine rings is 1. The standard InChI is InChI=1S/C18H16N2/c1-19-16-10-6-14(7-11-16)8-12-17-13-9-15-4-2-3-5-18(15)20-17/h2-13,19H,1H3/b12-8+. The van der Waals surface area contributed by atoms with E-state index in [1.165, 1.54) is 10.9 Å². The molecular weight excluding hydrogens is 244 g/mol. The maximum Gasteiger partial charge on any atom is 0.0709 e. The minimum absolute atomic E-state index is 0.974. The van der Waals surface area contributed by atoms with Crippen LogP contribution in [0.1, 0.15) is 11.3 Å². The molecule has 0 aliphatic carbocycles. The molecule has 20 heavy (non-hydrogen) atoms. The number of hydrogen-bond donors (Lipinski definition) is 1. The van der Waals surface area contributed by atoms with Crippen LogP contribution in [0.25, 0.3) is 23.1 Å². The van der Waals surface area contributed by atoms with Crippen molar-refractivity contribution in [3.05, 3.63) is 71.9 Å². The molecule has 0 aliphatic rings. The normalized spacial score (nSPS) is 11.1. The van der Waals surface area contributed by atoms with E-state index in [9.17, 15) is 0 Å². The molecule has 0 radical (unpaired) electrons. The van der Waals surface area contributed by atoms with E-state index in [-0.39, 0.29) is 0 Å². The number of nitrogens with one attached hydrogen (secondary N) is 1. The SMILES string of the molecule is CNc1ccc(/C=C/c2ccc3ccccc3n2)cc1. The molecule has 1 heterocycles. The molecule has 1 aromatic heterocycles. The first kappa shape index (κ1) is 12.4. The van der Waals surface area contributed by atoms with Crippen molar-refractivity contribution >= 4 is 28.7 Å². The molecule has 0 saturated heterocycles. The van der Waals surface area contributed by atoms with Crippen molar-refractivity contribution in [1.29, 1.82) is 0 Å². The van der Waals surface area contributed by atoms with E-state index in [1.807, 2.05) is 37.4 Å². The van der Waals surface area contributed by atoms with Crippen LogP contribution in [0.2, 0.25) is 0 Å². The average Bonchev–Trinajstić information content (AvgIpc) is 2.53. The molecule has 0 fully saturated rings. The molecule has 2 nitrogen and oxygen atoms in total. The van der Waals surface area contributed by atoms with Crippen LogP contribution in [0.3, 0.4) is 0 Å². The van der Waals surface area contributed by atoms with Gasteiger partial charge in [0.2, 0.25) is 0 Å². The second kappa shape index (κ2) is 5.57. The number of fused-ring (bicyclic) bond motifs is 1. The molecule has 1 N–H and O–H groups in total. The lowest BCUT2D eigenvalue weighted by atomic mass is 10.1. The summed E-state index contributed by atoms with van der Waals surface area (Å²) >= 11 is 0. The Morgan fingerprint density at radius 1 is 0.850 bits per heavy atom. The van der Waals surface area contributed by atoms with Gasteiger partial charge in [0, 0.05) is 18.1 Å². The highest BCUT2D eigenvalue weighted by Gasteiger charge is 1.95. The molecule has 0 amide bonds. The summed E-state index contributed by atoms with van der Waals surface area (Å²) in [6.45, 7) is 0. The Labute approximate surface area is 118 Å². The van der Waals surface area contributed by atoms with Gasteiger partial charge in [0.1, 0.15) is 0 Å². The third-order valence-corrected chi connectivity index (χ3v) is 3.27. The van der Waals surface area contributed by atoms with Crippen molar-refractivity contribution in [3.8, 4) is 0 Å². The summed E-state index contributed by atoms with van der Waals surface area (Å²) in [4.78, 5) is 4.62. The fourth-order valence-corrected chi connectivity index (χ4v) is 2.12. The Balaban J connectivity index is 1.85. The van der Waals surface area contributed by atoms with Crippen molar-refractivity contribution in [1.82, 2.24) is 4.98 Å². The van der Waals surface area contributed by atoms with Gasteiger partial charge in [-0.25, -0.2) is 4.98 Å². The average molecular weight is 260 g/mol. The van der Waals surface area contributed by atoms with Crippen LogP contribution in [0.4, 0.5) is 5.69 Å². The highest BCUT2D eigenvalue weighted by molar-refractivity contribution is 5.80. The minimum atomic E-state index is 0.974. The van der Waals surface area contributed by atoms with E-state index in [1.54, 1.807) is 0 Å². The summed E-state index contributed by atoms with van der Waals surface area (Å²) in [7, 11) is 1.92. The fourth-order valence-electron chi connectivity index (χ4n) is 2.12. The summed E-state index contributed by atoms with van der Waals surface area (Å²) in [5.41, 5.74) is 4.28. The van der Waals surface area contributed by atoms with Crippen molar-refractivity contribution < 1.29 is 0 Å². The highest BCUT2D eigenvalue weighted by atomic mass is 14.8. The number of anilines is 1. The Bertz CT molecular complexity index is 743. The van der Waals surface area contributed by atoms with Crippen LogP contribution in [0.15, 0.2) is 60.7 Å². The molecule has 0 aliphatic heterocycles. The van der Waals surface area contributed by atoms with E-state index >= 15 is 0 Å². The number of nitrogens with zero attached hydrogens (tertiary/aromatic N) is 1. The quantitative estimate of drug-likeness (QED) is 0.752. The first-order valence-corrected chi connectivity index (χ1v) is 6.67. The van der Waals surface area contributed by atoms with Gasteiger partial charge >= 0.3 is 0 Å². The molecule has 3 rings (SSSR count). The number of benzene rings is 2. The van der Waals surface area contributed by atoms with Crippen LogP contribution < -0.4 is 5.32 Å². The molecule has 2 aromatic carbocycles. The first-order valence-electron chi connectivity index (χ1n) is 6.67. The molecule has 0 spiro atoms. The van der Waals surface area contributed by atoms with Crippen molar-refractivity contribution in [2.75, 3.05) is 12.4 Å².